The van der Waals surface area contributed by atoms with E-state index in [0.29, 0.717) is 25.9 Å². The summed E-state index contributed by atoms with van der Waals surface area (Å²) in [7, 11) is 1.57. The molecule has 7 heteroatoms. The summed E-state index contributed by atoms with van der Waals surface area (Å²) < 4.78 is 5.31. The number of hydrogen-bond acceptors (Lipinski definition) is 4. The number of nitrogens with one attached hydrogen (secondary N) is 1. The molecule has 1 aliphatic rings. The summed E-state index contributed by atoms with van der Waals surface area (Å²) in [5.74, 6) is 0.423. The van der Waals surface area contributed by atoms with Gasteiger partial charge in [-0.05, 0) is 60.7 Å². The molecule has 0 unspecified atom stereocenters. The molecule has 1 aliphatic heterocycles. The Morgan fingerprint density at radius 2 is 2.04 bits per heavy atom. The number of rotatable bonds is 3. The van der Waals surface area contributed by atoms with Crippen LogP contribution in [0.15, 0.2) is 46.3 Å². The Kier molecular flexibility index (Phi) is 5.37. The fourth-order valence-corrected chi connectivity index (χ4v) is 3.44. The smallest absolute Gasteiger partial charge is 0.264 e. The molecule has 0 radical (unpaired) electrons. The van der Waals surface area contributed by atoms with Crippen LogP contribution in [-0.4, -0.2) is 18.2 Å². The molecule has 0 aliphatic carbocycles. The molecule has 0 bridgehead atoms. The van der Waals surface area contributed by atoms with Gasteiger partial charge < -0.3 is 10.1 Å². The molecular weight excluding hydrogens is 379 g/mol. The highest BCUT2D eigenvalue weighted by Crippen LogP contribution is 2.33. The summed E-state index contributed by atoms with van der Waals surface area (Å²) in [6.45, 7) is 1.89. The second-order valence-corrected chi connectivity index (χ2v) is 7.13. The van der Waals surface area contributed by atoms with Gasteiger partial charge in [0.2, 0.25) is 0 Å². The number of aliphatic imine (C=N–C) groups is 1. The first-order valence-electron chi connectivity index (χ1n) is 7.36. The molecule has 0 spiro atoms. The first-order chi connectivity index (χ1) is 12.0. The highest BCUT2D eigenvalue weighted by Gasteiger charge is 2.24. The summed E-state index contributed by atoms with van der Waals surface area (Å²) in [6.07, 6.45) is 1.73. The Bertz CT molecular complexity index is 910. The molecule has 4 nitrogen and oxygen atoms in total. The van der Waals surface area contributed by atoms with E-state index in [1.807, 2.05) is 19.1 Å². The lowest BCUT2D eigenvalue weighted by Crippen LogP contribution is -2.19. The number of amides is 1. The SMILES string of the molecule is COc1ccc(Cl)cc1/C=C1/SC(=Nc2cccc(Cl)c2C)NC1=O. The number of hydrogen-bond donors (Lipinski definition) is 1. The van der Waals surface area contributed by atoms with E-state index in [4.69, 9.17) is 27.9 Å². The first kappa shape index (κ1) is 17.9. The van der Waals surface area contributed by atoms with Crippen molar-refractivity contribution < 1.29 is 9.53 Å². The van der Waals surface area contributed by atoms with Gasteiger partial charge in [0.1, 0.15) is 5.75 Å². The van der Waals surface area contributed by atoms with Crippen LogP contribution in [0, 0.1) is 6.92 Å². The Morgan fingerprint density at radius 1 is 1.24 bits per heavy atom. The van der Waals surface area contributed by atoms with Gasteiger partial charge in [-0.1, -0.05) is 29.3 Å². The van der Waals surface area contributed by atoms with Gasteiger partial charge in [0.05, 0.1) is 17.7 Å². The summed E-state index contributed by atoms with van der Waals surface area (Å²) in [4.78, 5) is 17.2. The van der Waals surface area contributed by atoms with Crippen LogP contribution in [0.5, 0.6) is 5.75 Å². The van der Waals surface area contributed by atoms with Crippen molar-refractivity contribution in [1.29, 1.82) is 0 Å². The quantitative estimate of drug-likeness (QED) is 0.729. The van der Waals surface area contributed by atoms with Crippen molar-refractivity contribution in [2.45, 2.75) is 6.92 Å². The summed E-state index contributed by atoms with van der Waals surface area (Å²) in [6, 6.07) is 10.7. The average Bonchev–Trinajstić information content (AvgIpc) is 2.91. The van der Waals surface area contributed by atoms with Crippen LogP contribution >= 0.6 is 35.0 Å². The molecule has 2 aromatic rings. The van der Waals surface area contributed by atoms with Gasteiger partial charge in [-0.3, -0.25) is 4.79 Å². The van der Waals surface area contributed by atoms with E-state index >= 15 is 0 Å². The van der Waals surface area contributed by atoms with Crippen LogP contribution in [0.25, 0.3) is 6.08 Å². The Labute approximate surface area is 159 Å². The molecule has 3 rings (SSSR count). The zero-order chi connectivity index (χ0) is 18.0. The number of nitrogens with zero attached hydrogens (tertiary/aromatic N) is 1. The molecular formula is C18H14Cl2N2O2S. The standard InChI is InChI=1S/C18H14Cl2N2O2S/c1-10-13(20)4-3-5-14(10)21-18-22-17(23)16(25-18)9-11-8-12(19)6-7-15(11)24-2/h3-9H,1-2H3,(H,21,22,23)/b16-9+. The minimum absolute atomic E-state index is 0.217. The van der Waals surface area contributed by atoms with Gasteiger partial charge in [0, 0.05) is 15.6 Å². The number of methoxy groups -OCH3 is 1. The molecule has 128 valence electrons. The molecule has 1 fully saturated rings. The van der Waals surface area contributed by atoms with Crippen LogP contribution < -0.4 is 10.1 Å². The number of thioether (sulfide) groups is 1. The number of halogens is 2. The van der Waals surface area contributed by atoms with E-state index in [-0.39, 0.29) is 5.91 Å². The maximum atomic E-state index is 12.2. The predicted molar refractivity (Wildman–Crippen MR) is 105 cm³/mol. The fraction of sp³-hybridized carbons (Fsp3) is 0.111. The summed E-state index contributed by atoms with van der Waals surface area (Å²) >= 11 is 13.4. The van der Waals surface area contributed by atoms with Crippen LogP contribution in [0.4, 0.5) is 5.69 Å². The molecule has 0 aromatic heterocycles. The Morgan fingerprint density at radius 3 is 2.80 bits per heavy atom. The zero-order valence-electron chi connectivity index (χ0n) is 13.5. The lowest BCUT2D eigenvalue weighted by atomic mass is 10.2. The lowest BCUT2D eigenvalue weighted by molar-refractivity contribution is -0.115. The molecule has 1 saturated heterocycles. The fourth-order valence-electron chi connectivity index (χ4n) is 2.27. The first-order valence-corrected chi connectivity index (χ1v) is 8.93. The lowest BCUT2D eigenvalue weighted by Gasteiger charge is -2.05. The van der Waals surface area contributed by atoms with Gasteiger partial charge in [-0.2, -0.15) is 0 Å². The molecule has 25 heavy (non-hydrogen) atoms. The highest BCUT2D eigenvalue weighted by atomic mass is 35.5. The maximum Gasteiger partial charge on any atom is 0.264 e. The van der Waals surface area contributed by atoms with E-state index in [9.17, 15) is 4.79 Å². The third kappa shape index (κ3) is 4.00. The minimum Gasteiger partial charge on any atom is -0.496 e. The molecule has 1 heterocycles. The largest absolute Gasteiger partial charge is 0.496 e. The molecule has 0 saturated carbocycles. The van der Waals surface area contributed by atoms with Crippen LogP contribution in [-0.2, 0) is 4.79 Å². The Hall–Kier alpha value is -1.95. The van der Waals surface area contributed by atoms with Crippen molar-refractivity contribution in [3.63, 3.8) is 0 Å². The predicted octanol–water partition coefficient (Wildman–Crippen LogP) is 5.20. The second-order valence-electron chi connectivity index (χ2n) is 5.25. The zero-order valence-corrected chi connectivity index (χ0v) is 15.8. The van der Waals surface area contributed by atoms with E-state index < -0.39 is 0 Å². The van der Waals surface area contributed by atoms with Crippen molar-refractivity contribution in [2.75, 3.05) is 7.11 Å². The van der Waals surface area contributed by atoms with Crippen LogP contribution in [0.2, 0.25) is 10.0 Å². The van der Waals surface area contributed by atoms with Crippen LogP contribution in [0.3, 0.4) is 0 Å². The van der Waals surface area contributed by atoms with Crippen molar-refractivity contribution in [3.05, 3.63) is 62.5 Å². The van der Waals surface area contributed by atoms with E-state index in [1.165, 1.54) is 11.8 Å². The van der Waals surface area contributed by atoms with Crippen molar-refractivity contribution in [1.82, 2.24) is 5.32 Å². The monoisotopic (exact) mass is 392 g/mol. The summed E-state index contributed by atoms with van der Waals surface area (Å²) in [5, 5.41) is 4.47. The maximum absolute atomic E-state index is 12.2. The third-order valence-corrected chi connectivity index (χ3v) is 5.14. The van der Waals surface area contributed by atoms with E-state index in [1.54, 1.807) is 37.5 Å². The van der Waals surface area contributed by atoms with Crippen molar-refractivity contribution in [3.8, 4) is 5.75 Å². The van der Waals surface area contributed by atoms with Crippen LogP contribution in [0.1, 0.15) is 11.1 Å². The molecule has 1 N–H and O–H groups in total. The molecule has 1 amide bonds. The number of benzene rings is 2. The summed E-state index contributed by atoms with van der Waals surface area (Å²) in [5.41, 5.74) is 2.31. The number of amidine groups is 1. The number of carbonyl (C=O) groups excluding carboxylic acids is 1. The topological polar surface area (TPSA) is 50.7 Å². The van der Waals surface area contributed by atoms with Gasteiger partial charge in [-0.15, -0.1) is 0 Å². The minimum atomic E-state index is -0.217. The normalized spacial score (nSPS) is 17.2. The second kappa shape index (κ2) is 7.52. The molecule has 2 aromatic carbocycles. The average molecular weight is 393 g/mol. The van der Waals surface area contributed by atoms with Gasteiger partial charge in [-0.25, -0.2) is 4.99 Å². The number of ether oxygens (including phenoxy) is 1. The van der Waals surface area contributed by atoms with Gasteiger partial charge >= 0.3 is 0 Å². The van der Waals surface area contributed by atoms with E-state index in [0.717, 1.165) is 16.8 Å². The molecule has 0 atom stereocenters. The van der Waals surface area contributed by atoms with Crippen molar-refractivity contribution >= 4 is 57.8 Å². The van der Waals surface area contributed by atoms with E-state index in [2.05, 4.69) is 10.3 Å². The Balaban J connectivity index is 1.92. The number of carbonyl (C=O) groups is 1. The van der Waals surface area contributed by atoms with Gasteiger partial charge in [0.25, 0.3) is 5.91 Å². The third-order valence-electron chi connectivity index (χ3n) is 3.59. The highest BCUT2D eigenvalue weighted by molar-refractivity contribution is 8.18. The van der Waals surface area contributed by atoms with Gasteiger partial charge in [0.15, 0.2) is 5.17 Å². The van der Waals surface area contributed by atoms with Crippen molar-refractivity contribution in [2.24, 2.45) is 4.99 Å².